The summed E-state index contributed by atoms with van der Waals surface area (Å²) in [5.41, 5.74) is 0.474. The number of carbonyl (C=O) groups is 2. The normalized spacial score (nSPS) is 15.6. The molecule has 23 heavy (non-hydrogen) atoms. The molecule has 2 rings (SSSR count). The van der Waals surface area contributed by atoms with Gasteiger partial charge in [0.25, 0.3) is 0 Å². The molecule has 0 saturated carbocycles. The van der Waals surface area contributed by atoms with Crippen molar-refractivity contribution in [1.29, 1.82) is 0 Å². The number of hydrogen-bond donors (Lipinski definition) is 2. The van der Waals surface area contributed by atoms with E-state index in [1.165, 1.54) is 18.2 Å². The Morgan fingerprint density at radius 2 is 1.96 bits per heavy atom. The number of urea groups is 1. The van der Waals surface area contributed by atoms with Gasteiger partial charge in [0.1, 0.15) is 5.82 Å². The lowest BCUT2D eigenvalue weighted by molar-refractivity contribution is -0.121. The fourth-order valence-electron chi connectivity index (χ4n) is 2.50. The zero-order valence-electron chi connectivity index (χ0n) is 13.2. The molecule has 1 aromatic rings. The lowest BCUT2D eigenvalue weighted by atomic mass is 9.96. The van der Waals surface area contributed by atoms with Crippen LogP contribution in [0.15, 0.2) is 18.2 Å². The summed E-state index contributed by atoms with van der Waals surface area (Å²) in [6, 6.07) is 4.08. The number of likely N-dealkylation sites (tertiary alicyclic amines) is 1. The number of amides is 3. The predicted octanol–water partition coefficient (Wildman–Crippen LogP) is 3.25. The van der Waals surface area contributed by atoms with Gasteiger partial charge < -0.3 is 15.5 Å². The average molecular weight is 342 g/mol. The summed E-state index contributed by atoms with van der Waals surface area (Å²) in [5.74, 6) is -0.812. The molecule has 1 aliphatic rings. The van der Waals surface area contributed by atoms with Gasteiger partial charge >= 0.3 is 6.03 Å². The largest absolute Gasteiger partial charge is 0.336 e. The van der Waals surface area contributed by atoms with Crippen molar-refractivity contribution in [2.24, 2.45) is 5.92 Å². The standard InChI is InChI=1S/C16H21ClFN3O2/c1-10(2)19-16(23)21-7-5-11(6-8-21)15(22)20-12-3-4-14(18)13(17)9-12/h3-4,9-11H,5-8H2,1-2H3,(H,19,23)(H,20,22). The Bertz CT molecular complexity index is 587. The van der Waals surface area contributed by atoms with E-state index in [1.54, 1.807) is 4.90 Å². The van der Waals surface area contributed by atoms with Gasteiger partial charge in [0, 0.05) is 30.7 Å². The molecule has 1 aliphatic heterocycles. The Hall–Kier alpha value is -1.82. The van der Waals surface area contributed by atoms with Crippen LogP contribution in [0.5, 0.6) is 0 Å². The Morgan fingerprint density at radius 3 is 2.52 bits per heavy atom. The van der Waals surface area contributed by atoms with Crippen LogP contribution in [0.3, 0.4) is 0 Å². The van der Waals surface area contributed by atoms with E-state index in [0.29, 0.717) is 31.6 Å². The van der Waals surface area contributed by atoms with E-state index in [0.717, 1.165) is 0 Å². The van der Waals surface area contributed by atoms with Crippen LogP contribution in [0.2, 0.25) is 5.02 Å². The number of nitrogens with zero attached hydrogens (tertiary/aromatic N) is 1. The third-order valence-corrected chi connectivity index (χ3v) is 4.04. The molecule has 0 atom stereocenters. The molecule has 0 aromatic heterocycles. The molecule has 1 fully saturated rings. The van der Waals surface area contributed by atoms with Crippen molar-refractivity contribution < 1.29 is 14.0 Å². The summed E-state index contributed by atoms with van der Waals surface area (Å²) in [6.07, 6.45) is 1.21. The molecule has 1 heterocycles. The Balaban J connectivity index is 1.86. The highest BCUT2D eigenvalue weighted by molar-refractivity contribution is 6.31. The third-order valence-electron chi connectivity index (χ3n) is 3.75. The Kier molecular flexibility index (Phi) is 5.82. The van der Waals surface area contributed by atoms with Crippen molar-refractivity contribution in [2.45, 2.75) is 32.7 Å². The van der Waals surface area contributed by atoms with Crippen LogP contribution < -0.4 is 10.6 Å². The van der Waals surface area contributed by atoms with E-state index < -0.39 is 5.82 Å². The topological polar surface area (TPSA) is 61.4 Å². The van der Waals surface area contributed by atoms with Crippen molar-refractivity contribution in [3.63, 3.8) is 0 Å². The smallest absolute Gasteiger partial charge is 0.317 e. The second-order valence-electron chi connectivity index (χ2n) is 5.98. The molecule has 3 amide bonds. The second-order valence-corrected chi connectivity index (χ2v) is 6.39. The maximum absolute atomic E-state index is 13.1. The summed E-state index contributed by atoms with van der Waals surface area (Å²) in [5, 5.41) is 5.57. The van der Waals surface area contributed by atoms with Crippen molar-refractivity contribution >= 4 is 29.2 Å². The van der Waals surface area contributed by atoms with E-state index in [9.17, 15) is 14.0 Å². The monoisotopic (exact) mass is 341 g/mol. The number of benzene rings is 1. The first-order chi connectivity index (χ1) is 10.9. The molecule has 1 aromatic carbocycles. The minimum Gasteiger partial charge on any atom is -0.336 e. The summed E-state index contributed by atoms with van der Waals surface area (Å²) < 4.78 is 13.1. The van der Waals surface area contributed by atoms with Gasteiger partial charge in [-0.3, -0.25) is 4.79 Å². The molecule has 0 bridgehead atoms. The van der Waals surface area contributed by atoms with Crippen LogP contribution in [0, 0.1) is 11.7 Å². The number of nitrogens with one attached hydrogen (secondary N) is 2. The lowest BCUT2D eigenvalue weighted by Gasteiger charge is -2.32. The quantitative estimate of drug-likeness (QED) is 0.886. The van der Waals surface area contributed by atoms with Crippen LogP contribution >= 0.6 is 11.6 Å². The van der Waals surface area contributed by atoms with Gasteiger partial charge in [0.05, 0.1) is 5.02 Å². The highest BCUT2D eigenvalue weighted by Crippen LogP contribution is 2.22. The SMILES string of the molecule is CC(C)NC(=O)N1CCC(C(=O)Nc2ccc(F)c(Cl)c2)CC1. The number of hydrogen-bond acceptors (Lipinski definition) is 2. The first-order valence-electron chi connectivity index (χ1n) is 7.68. The van der Waals surface area contributed by atoms with Gasteiger partial charge in [-0.1, -0.05) is 11.6 Å². The van der Waals surface area contributed by atoms with Gasteiger partial charge in [-0.25, -0.2) is 9.18 Å². The van der Waals surface area contributed by atoms with E-state index >= 15 is 0 Å². The third kappa shape index (κ3) is 4.82. The second kappa shape index (κ2) is 7.64. The summed E-state index contributed by atoms with van der Waals surface area (Å²) in [6.45, 7) is 4.90. The first kappa shape index (κ1) is 17.5. The average Bonchev–Trinajstić information content (AvgIpc) is 2.50. The van der Waals surface area contributed by atoms with E-state index in [-0.39, 0.29) is 28.9 Å². The molecular formula is C16H21ClFN3O2. The highest BCUT2D eigenvalue weighted by Gasteiger charge is 2.27. The minimum atomic E-state index is -0.519. The fraction of sp³-hybridized carbons (Fsp3) is 0.500. The van der Waals surface area contributed by atoms with Gasteiger partial charge in [-0.05, 0) is 44.9 Å². The maximum atomic E-state index is 13.1. The summed E-state index contributed by atoms with van der Waals surface area (Å²) >= 11 is 5.70. The highest BCUT2D eigenvalue weighted by atomic mass is 35.5. The Morgan fingerprint density at radius 1 is 1.30 bits per heavy atom. The van der Waals surface area contributed by atoms with Gasteiger partial charge in [0.15, 0.2) is 0 Å². The van der Waals surface area contributed by atoms with Crippen molar-refractivity contribution in [3.8, 4) is 0 Å². The van der Waals surface area contributed by atoms with Gasteiger partial charge in [-0.2, -0.15) is 0 Å². The van der Waals surface area contributed by atoms with Crippen LogP contribution in [0.4, 0.5) is 14.9 Å². The maximum Gasteiger partial charge on any atom is 0.317 e. The molecular weight excluding hydrogens is 321 g/mol. The molecule has 0 unspecified atom stereocenters. The van der Waals surface area contributed by atoms with Crippen LogP contribution in [-0.4, -0.2) is 36.0 Å². The molecule has 0 spiro atoms. The Labute approximate surface area is 140 Å². The van der Waals surface area contributed by atoms with Crippen LogP contribution in [0.1, 0.15) is 26.7 Å². The van der Waals surface area contributed by atoms with E-state index in [1.807, 2.05) is 13.8 Å². The van der Waals surface area contributed by atoms with Crippen LogP contribution in [-0.2, 0) is 4.79 Å². The van der Waals surface area contributed by atoms with Crippen LogP contribution in [0.25, 0.3) is 0 Å². The number of rotatable bonds is 3. The number of carbonyl (C=O) groups excluding carboxylic acids is 2. The predicted molar refractivity (Wildman–Crippen MR) is 88.0 cm³/mol. The molecule has 7 heteroatoms. The first-order valence-corrected chi connectivity index (χ1v) is 8.06. The molecule has 1 saturated heterocycles. The van der Waals surface area contributed by atoms with Gasteiger partial charge in [0.2, 0.25) is 5.91 Å². The van der Waals surface area contributed by atoms with Crippen molar-refractivity contribution in [3.05, 3.63) is 29.0 Å². The van der Waals surface area contributed by atoms with Crippen molar-refractivity contribution in [2.75, 3.05) is 18.4 Å². The minimum absolute atomic E-state index is 0.0250. The molecule has 0 aliphatic carbocycles. The molecule has 0 radical (unpaired) electrons. The lowest BCUT2D eigenvalue weighted by Crippen LogP contribution is -2.47. The molecule has 126 valence electrons. The number of halogens is 2. The summed E-state index contributed by atoms with van der Waals surface area (Å²) in [7, 11) is 0. The number of anilines is 1. The number of piperidine rings is 1. The fourth-order valence-corrected chi connectivity index (χ4v) is 2.68. The summed E-state index contributed by atoms with van der Waals surface area (Å²) in [4.78, 5) is 25.9. The molecule has 5 nitrogen and oxygen atoms in total. The van der Waals surface area contributed by atoms with E-state index in [2.05, 4.69) is 10.6 Å². The van der Waals surface area contributed by atoms with Gasteiger partial charge in [-0.15, -0.1) is 0 Å². The zero-order valence-corrected chi connectivity index (χ0v) is 14.0. The van der Waals surface area contributed by atoms with E-state index in [4.69, 9.17) is 11.6 Å². The zero-order chi connectivity index (χ0) is 17.0. The molecule has 2 N–H and O–H groups in total. The van der Waals surface area contributed by atoms with Crippen molar-refractivity contribution in [1.82, 2.24) is 10.2 Å².